The Labute approximate surface area is 157 Å². The number of anilines is 2. The van der Waals surface area contributed by atoms with Crippen molar-refractivity contribution in [2.75, 3.05) is 36.0 Å². The van der Waals surface area contributed by atoms with E-state index in [9.17, 15) is 9.59 Å². The highest BCUT2D eigenvalue weighted by Crippen LogP contribution is 2.25. The molecular weight excluding hydrogens is 350 g/mol. The number of benzene rings is 2. The summed E-state index contributed by atoms with van der Waals surface area (Å²) in [4.78, 5) is 30.1. The van der Waals surface area contributed by atoms with Crippen molar-refractivity contribution in [3.05, 3.63) is 59.6 Å². The standard InChI is InChI=1S/C20H20ClN3O2/c21-16-8-4-5-9-17(16)22-10-12-23(13-11-22)18-14-19(25)24(20(18)26)15-6-2-1-3-7-15/h1-9,18H,10-14H2/p+1/t18-/m0/s1. The Morgan fingerprint density at radius 1 is 0.923 bits per heavy atom. The number of rotatable bonds is 3. The highest BCUT2D eigenvalue weighted by Gasteiger charge is 2.46. The summed E-state index contributed by atoms with van der Waals surface area (Å²) in [6.07, 6.45) is 0.287. The SMILES string of the molecule is O=C1C[C@H]([NH+]2CCN(c3ccccc3Cl)CC2)C(=O)N1c1ccccc1. The third-order valence-electron chi connectivity index (χ3n) is 5.25. The van der Waals surface area contributed by atoms with Crippen molar-refractivity contribution in [3.8, 4) is 0 Å². The van der Waals surface area contributed by atoms with Crippen LogP contribution in [-0.2, 0) is 9.59 Å². The minimum Gasteiger partial charge on any atom is -0.359 e. The number of para-hydroxylation sites is 2. The predicted octanol–water partition coefficient (Wildman–Crippen LogP) is 1.38. The van der Waals surface area contributed by atoms with Crippen LogP contribution in [0.4, 0.5) is 11.4 Å². The highest BCUT2D eigenvalue weighted by atomic mass is 35.5. The van der Waals surface area contributed by atoms with Crippen LogP contribution in [0.1, 0.15) is 6.42 Å². The van der Waals surface area contributed by atoms with Crippen molar-refractivity contribution < 1.29 is 14.5 Å². The summed E-state index contributed by atoms with van der Waals surface area (Å²) in [7, 11) is 0. The Kier molecular flexibility index (Phi) is 4.66. The van der Waals surface area contributed by atoms with Gasteiger partial charge in [-0.3, -0.25) is 9.59 Å². The van der Waals surface area contributed by atoms with Gasteiger partial charge in [0.2, 0.25) is 5.91 Å². The van der Waals surface area contributed by atoms with Crippen LogP contribution in [0.5, 0.6) is 0 Å². The van der Waals surface area contributed by atoms with E-state index in [-0.39, 0.29) is 24.3 Å². The minimum atomic E-state index is -0.281. The van der Waals surface area contributed by atoms with Crippen molar-refractivity contribution in [2.45, 2.75) is 12.5 Å². The van der Waals surface area contributed by atoms with Gasteiger partial charge in [0, 0.05) is 0 Å². The molecule has 4 rings (SSSR count). The van der Waals surface area contributed by atoms with Gasteiger partial charge in [-0.2, -0.15) is 0 Å². The van der Waals surface area contributed by atoms with Crippen LogP contribution >= 0.6 is 11.6 Å². The lowest BCUT2D eigenvalue weighted by Crippen LogP contribution is -3.19. The van der Waals surface area contributed by atoms with Gasteiger partial charge in [-0.15, -0.1) is 0 Å². The average molecular weight is 371 g/mol. The number of hydrogen-bond acceptors (Lipinski definition) is 3. The molecule has 0 saturated carbocycles. The maximum atomic E-state index is 12.9. The zero-order chi connectivity index (χ0) is 18.1. The fraction of sp³-hybridized carbons (Fsp3) is 0.300. The van der Waals surface area contributed by atoms with E-state index in [1.54, 1.807) is 0 Å². The molecule has 1 N–H and O–H groups in total. The molecule has 26 heavy (non-hydrogen) atoms. The first-order valence-corrected chi connectivity index (χ1v) is 9.29. The Morgan fingerprint density at radius 2 is 1.58 bits per heavy atom. The molecule has 2 aromatic rings. The number of carbonyl (C=O) groups is 2. The van der Waals surface area contributed by atoms with E-state index < -0.39 is 0 Å². The first kappa shape index (κ1) is 17.1. The summed E-state index contributed by atoms with van der Waals surface area (Å²) in [6, 6.07) is 16.7. The molecule has 0 aliphatic carbocycles. The molecule has 2 fully saturated rings. The van der Waals surface area contributed by atoms with Crippen molar-refractivity contribution in [2.24, 2.45) is 0 Å². The number of quaternary nitrogens is 1. The third kappa shape index (κ3) is 3.08. The second-order valence-electron chi connectivity index (χ2n) is 6.76. The van der Waals surface area contributed by atoms with E-state index in [0.29, 0.717) is 5.69 Å². The summed E-state index contributed by atoms with van der Waals surface area (Å²) in [5, 5.41) is 0.748. The number of halogens is 1. The molecule has 2 amide bonds. The summed E-state index contributed by atoms with van der Waals surface area (Å²) in [6.45, 7) is 3.28. The molecule has 2 aliphatic rings. The van der Waals surface area contributed by atoms with Gasteiger partial charge in [0.05, 0.1) is 49.0 Å². The molecule has 0 aromatic heterocycles. The summed E-state index contributed by atoms with van der Waals surface area (Å²) < 4.78 is 0. The second-order valence-corrected chi connectivity index (χ2v) is 7.16. The number of piperazine rings is 1. The van der Waals surface area contributed by atoms with Gasteiger partial charge in [-0.25, -0.2) is 4.90 Å². The van der Waals surface area contributed by atoms with E-state index in [2.05, 4.69) is 4.90 Å². The van der Waals surface area contributed by atoms with Crippen LogP contribution < -0.4 is 14.7 Å². The first-order chi connectivity index (χ1) is 12.6. The largest absolute Gasteiger partial charge is 0.359 e. The number of carbonyl (C=O) groups excluding carboxylic acids is 2. The fourth-order valence-electron chi connectivity index (χ4n) is 3.89. The molecular formula is C20H21ClN3O2+. The average Bonchev–Trinajstić information content (AvgIpc) is 2.97. The van der Waals surface area contributed by atoms with E-state index in [0.717, 1.165) is 36.9 Å². The number of imide groups is 1. The van der Waals surface area contributed by atoms with Gasteiger partial charge in [-0.1, -0.05) is 41.9 Å². The quantitative estimate of drug-likeness (QED) is 0.830. The summed E-state index contributed by atoms with van der Waals surface area (Å²) in [5.41, 5.74) is 1.70. The zero-order valence-electron chi connectivity index (χ0n) is 14.4. The van der Waals surface area contributed by atoms with Gasteiger partial charge < -0.3 is 9.80 Å². The Bertz CT molecular complexity index is 819. The van der Waals surface area contributed by atoms with Gasteiger partial charge in [0.1, 0.15) is 0 Å². The number of nitrogens with zero attached hydrogens (tertiary/aromatic N) is 2. The van der Waals surface area contributed by atoms with Crippen LogP contribution in [0.2, 0.25) is 5.02 Å². The smallest absolute Gasteiger partial charge is 0.292 e. The Morgan fingerprint density at radius 3 is 2.27 bits per heavy atom. The normalized spacial score (nSPS) is 21.5. The van der Waals surface area contributed by atoms with Crippen molar-refractivity contribution in [3.63, 3.8) is 0 Å². The van der Waals surface area contributed by atoms with Crippen molar-refractivity contribution >= 4 is 34.8 Å². The minimum absolute atomic E-state index is 0.0811. The Hall–Kier alpha value is -2.37. The maximum Gasteiger partial charge on any atom is 0.292 e. The molecule has 2 heterocycles. The van der Waals surface area contributed by atoms with Crippen molar-refractivity contribution in [1.29, 1.82) is 0 Å². The lowest BCUT2D eigenvalue weighted by Gasteiger charge is -2.36. The molecule has 0 unspecified atom stereocenters. The highest BCUT2D eigenvalue weighted by molar-refractivity contribution is 6.33. The second kappa shape index (κ2) is 7.09. The van der Waals surface area contributed by atoms with Crippen LogP contribution in [0.15, 0.2) is 54.6 Å². The van der Waals surface area contributed by atoms with Gasteiger partial charge in [-0.05, 0) is 24.3 Å². The van der Waals surface area contributed by atoms with Crippen LogP contribution in [0.3, 0.4) is 0 Å². The Balaban J connectivity index is 1.44. The number of amides is 2. The molecule has 2 aromatic carbocycles. The van der Waals surface area contributed by atoms with Crippen molar-refractivity contribution in [1.82, 2.24) is 0 Å². The van der Waals surface area contributed by atoms with E-state index in [1.807, 2.05) is 54.6 Å². The first-order valence-electron chi connectivity index (χ1n) is 8.91. The molecule has 0 radical (unpaired) electrons. The zero-order valence-corrected chi connectivity index (χ0v) is 15.2. The van der Waals surface area contributed by atoms with Crippen LogP contribution in [0.25, 0.3) is 0 Å². The molecule has 1 atom stereocenters. The van der Waals surface area contributed by atoms with E-state index in [4.69, 9.17) is 11.6 Å². The fourth-order valence-corrected chi connectivity index (χ4v) is 4.15. The molecule has 5 nitrogen and oxygen atoms in total. The van der Waals surface area contributed by atoms with Crippen LogP contribution in [0, 0.1) is 0 Å². The lowest BCUT2D eigenvalue weighted by molar-refractivity contribution is -0.915. The molecule has 134 valence electrons. The molecule has 2 saturated heterocycles. The topological polar surface area (TPSA) is 45.1 Å². The van der Waals surface area contributed by atoms with E-state index >= 15 is 0 Å². The predicted molar refractivity (Wildman–Crippen MR) is 102 cm³/mol. The number of hydrogen-bond donors (Lipinski definition) is 1. The molecule has 0 spiro atoms. The number of nitrogens with one attached hydrogen (secondary N) is 1. The van der Waals surface area contributed by atoms with Gasteiger partial charge in [0.15, 0.2) is 6.04 Å². The molecule has 6 heteroatoms. The maximum absolute atomic E-state index is 12.9. The van der Waals surface area contributed by atoms with Gasteiger partial charge >= 0.3 is 0 Å². The third-order valence-corrected chi connectivity index (χ3v) is 5.57. The monoisotopic (exact) mass is 370 g/mol. The lowest BCUT2D eigenvalue weighted by atomic mass is 10.1. The van der Waals surface area contributed by atoms with Crippen LogP contribution in [-0.4, -0.2) is 44.0 Å². The van der Waals surface area contributed by atoms with E-state index in [1.165, 1.54) is 9.80 Å². The summed E-state index contributed by atoms with van der Waals surface area (Å²) in [5.74, 6) is -0.186. The summed E-state index contributed by atoms with van der Waals surface area (Å²) >= 11 is 6.30. The molecule has 2 aliphatic heterocycles. The molecule has 0 bridgehead atoms. The van der Waals surface area contributed by atoms with Gasteiger partial charge in [0.25, 0.3) is 5.91 Å².